The fraction of sp³-hybridized carbons (Fsp3) is 0.500. The van der Waals surface area contributed by atoms with Gasteiger partial charge in [0, 0.05) is 8.07 Å². The van der Waals surface area contributed by atoms with Crippen LogP contribution in [0.25, 0.3) is 0 Å². The third kappa shape index (κ3) is 3.70. The zero-order valence-corrected chi connectivity index (χ0v) is 12.4. The number of ether oxygens (including phenoxy) is 1. The van der Waals surface area contributed by atoms with Crippen molar-refractivity contribution >= 4 is 14.0 Å². The van der Waals surface area contributed by atoms with Crippen LogP contribution in [0.5, 0.6) is 0 Å². The van der Waals surface area contributed by atoms with Crippen LogP contribution in [0.3, 0.4) is 0 Å². The molecule has 0 saturated heterocycles. The predicted octanol–water partition coefficient (Wildman–Crippen LogP) is 3.74. The molecular weight excluding hydrogens is 228 g/mol. The van der Waals surface area contributed by atoms with Crippen LogP contribution in [0.15, 0.2) is 24.3 Å². The van der Waals surface area contributed by atoms with E-state index in [1.807, 2.05) is 24.3 Å². The van der Waals surface area contributed by atoms with Crippen LogP contribution in [-0.4, -0.2) is 21.2 Å². The average molecular weight is 250 g/mol. The van der Waals surface area contributed by atoms with Crippen LogP contribution in [0.4, 0.5) is 0 Å². The molecule has 0 aliphatic heterocycles. The number of esters is 1. The predicted molar refractivity (Wildman–Crippen MR) is 74.3 cm³/mol. The summed E-state index contributed by atoms with van der Waals surface area (Å²) in [6, 6.07) is 7.74. The molecule has 0 N–H and O–H groups in total. The molecule has 3 heteroatoms. The molecule has 0 aromatic heterocycles. The normalized spacial score (nSPS) is 13.2. The topological polar surface area (TPSA) is 26.3 Å². The molecule has 0 heterocycles. The zero-order chi connectivity index (χ0) is 13.1. The van der Waals surface area contributed by atoms with Gasteiger partial charge in [0.2, 0.25) is 0 Å². The number of benzene rings is 1. The Hall–Kier alpha value is -1.09. The van der Waals surface area contributed by atoms with E-state index in [1.165, 1.54) is 7.11 Å². The molecule has 1 rings (SSSR count). The van der Waals surface area contributed by atoms with Crippen LogP contribution in [0.1, 0.15) is 22.8 Å². The average Bonchev–Trinajstić information content (AvgIpc) is 2.27. The smallest absolute Gasteiger partial charge is 0.338 e. The SMILES string of the molecule is COC(=O)c1ccccc1CC(C)[Si](C)(C)C. The van der Waals surface area contributed by atoms with Crippen molar-refractivity contribution in [3.8, 4) is 0 Å². The van der Waals surface area contributed by atoms with Crippen molar-refractivity contribution in [3.05, 3.63) is 35.4 Å². The lowest BCUT2D eigenvalue weighted by molar-refractivity contribution is 0.0599. The molecule has 0 aliphatic carbocycles. The minimum absolute atomic E-state index is 0.233. The van der Waals surface area contributed by atoms with Gasteiger partial charge in [-0.1, -0.05) is 44.8 Å². The number of methoxy groups -OCH3 is 1. The highest BCUT2D eigenvalue weighted by Crippen LogP contribution is 2.26. The molecular formula is C14H22O2Si. The molecule has 1 unspecified atom stereocenters. The van der Waals surface area contributed by atoms with Crippen molar-refractivity contribution in [2.45, 2.75) is 38.5 Å². The van der Waals surface area contributed by atoms with E-state index in [0.29, 0.717) is 11.1 Å². The van der Waals surface area contributed by atoms with Crippen LogP contribution < -0.4 is 0 Å². The number of rotatable bonds is 4. The Bertz CT molecular complexity index is 393. The van der Waals surface area contributed by atoms with Gasteiger partial charge in [-0.25, -0.2) is 4.79 Å². The first kappa shape index (κ1) is 14.0. The van der Waals surface area contributed by atoms with Crippen molar-refractivity contribution in [2.24, 2.45) is 0 Å². The van der Waals surface area contributed by atoms with Gasteiger partial charge >= 0.3 is 5.97 Å². The van der Waals surface area contributed by atoms with Gasteiger partial charge in [0.1, 0.15) is 0 Å². The lowest BCUT2D eigenvalue weighted by Crippen LogP contribution is -2.28. The van der Waals surface area contributed by atoms with E-state index >= 15 is 0 Å². The molecule has 17 heavy (non-hydrogen) atoms. The summed E-state index contributed by atoms with van der Waals surface area (Å²) in [6.45, 7) is 9.36. The second kappa shape index (κ2) is 5.49. The molecule has 94 valence electrons. The van der Waals surface area contributed by atoms with Gasteiger partial charge in [-0.15, -0.1) is 0 Å². The van der Waals surface area contributed by atoms with Gasteiger partial charge in [0.25, 0.3) is 0 Å². The second-order valence-electron chi connectivity index (χ2n) is 5.62. The maximum atomic E-state index is 11.7. The van der Waals surface area contributed by atoms with E-state index in [-0.39, 0.29) is 5.97 Å². The Labute approximate surface area is 105 Å². The van der Waals surface area contributed by atoms with Gasteiger partial charge in [-0.2, -0.15) is 0 Å². The van der Waals surface area contributed by atoms with E-state index < -0.39 is 8.07 Å². The van der Waals surface area contributed by atoms with Gasteiger partial charge in [-0.05, 0) is 23.6 Å². The lowest BCUT2D eigenvalue weighted by atomic mass is 10.0. The third-order valence-corrected chi connectivity index (χ3v) is 6.59. The summed E-state index contributed by atoms with van der Waals surface area (Å²) < 4.78 is 4.82. The van der Waals surface area contributed by atoms with Crippen molar-refractivity contribution in [1.82, 2.24) is 0 Å². The molecule has 1 atom stereocenters. The fourth-order valence-electron chi connectivity index (χ4n) is 1.64. The molecule has 0 amide bonds. The number of hydrogen-bond donors (Lipinski definition) is 0. The summed E-state index contributed by atoms with van der Waals surface area (Å²) in [4.78, 5) is 11.7. The summed E-state index contributed by atoms with van der Waals surface area (Å²) in [6.07, 6.45) is 0.959. The summed E-state index contributed by atoms with van der Waals surface area (Å²) >= 11 is 0. The molecule has 2 nitrogen and oxygen atoms in total. The third-order valence-electron chi connectivity index (χ3n) is 3.43. The number of hydrogen-bond acceptors (Lipinski definition) is 2. The van der Waals surface area contributed by atoms with Crippen LogP contribution >= 0.6 is 0 Å². The van der Waals surface area contributed by atoms with Crippen molar-refractivity contribution < 1.29 is 9.53 Å². The summed E-state index contributed by atoms with van der Waals surface area (Å²) in [5.41, 5.74) is 2.46. The maximum absolute atomic E-state index is 11.7. The first-order valence-corrected chi connectivity index (χ1v) is 9.60. The van der Waals surface area contributed by atoms with Crippen molar-refractivity contribution in [1.29, 1.82) is 0 Å². The Kier molecular flexibility index (Phi) is 4.51. The van der Waals surface area contributed by atoms with E-state index in [9.17, 15) is 4.79 Å². The van der Waals surface area contributed by atoms with Gasteiger partial charge in [0.05, 0.1) is 12.7 Å². The molecule has 0 radical (unpaired) electrons. The monoisotopic (exact) mass is 250 g/mol. The Morgan fingerprint density at radius 1 is 1.29 bits per heavy atom. The van der Waals surface area contributed by atoms with Crippen molar-refractivity contribution in [3.63, 3.8) is 0 Å². The van der Waals surface area contributed by atoms with Crippen LogP contribution in [-0.2, 0) is 11.2 Å². The minimum atomic E-state index is -1.16. The molecule has 0 saturated carbocycles. The highest BCUT2D eigenvalue weighted by molar-refractivity contribution is 6.77. The zero-order valence-electron chi connectivity index (χ0n) is 11.4. The summed E-state index contributed by atoms with van der Waals surface area (Å²) in [5.74, 6) is -0.233. The number of carbonyl (C=O) groups is 1. The number of carbonyl (C=O) groups excluding carboxylic acids is 1. The van der Waals surface area contributed by atoms with E-state index in [4.69, 9.17) is 4.74 Å². The minimum Gasteiger partial charge on any atom is -0.465 e. The Morgan fingerprint density at radius 2 is 1.88 bits per heavy atom. The summed E-state index contributed by atoms with van der Waals surface area (Å²) in [5, 5.41) is 0. The molecule has 0 aliphatic rings. The second-order valence-corrected chi connectivity index (χ2v) is 11.3. The summed E-state index contributed by atoms with van der Waals surface area (Å²) in [7, 11) is 0.268. The highest BCUT2D eigenvalue weighted by Gasteiger charge is 2.24. The maximum Gasteiger partial charge on any atom is 0.338 e. The molecule has 0 fully saturated rings. The molecule has 0 bridgehead atoms. The largest absolute Gasteiger partial charge is 0.465 e. The fourth-order valence-corrected chi connectivity index (χ4v) is 2.48. The van der Waals surface area contributed by atoms with Gasteiger partial charge in [-0.3, -0.25) is 0 Å². The van der Waals surface area contributed by atoms with Gasteiger partial charge < -0.3 is 4.74 Å². The van der Waals surface area contributed by atoms with E-state index in [1.54, 1.807) is 0 Å². The van der Waals surface area contributed by atoms with Gasteiger partial charge in [0.15, 0.2) is 0 Å². The standard InChI is InChI=1S/C14H22O2Si/c1-11(17(3,4)5)10-12-8-6-7-9-13(12)14(15)16-2/h6-9,11H,10H2,1-5H3. The molecule has 1 aromatic rings. The van der Waals surface area contributed by atoms with Crippen LogP contribution in [0, 0.1) is 0 Å². The first-order valence-electron chi connectivity index (χ1n) is 6.02. The van der Waals surface area contributed by atoms with E-state index in [0.717, 1.165) is 12.0 Å². The Balaban J connectivity index is 2.95. The first-order chi connectivity index (χ1) is 7.86. The Morgan fingerprint density at radius 3 is 2.41 bits per heavy atom. The lowest BCUT2D eigenvalue weighted by Gasteiger charge is -2.25. The van der Waals surface area contributed by atoms with Crippen LogP contribution in [0.2, 0.25) is 25.2 Å². The van der Waals surface area contributed by atoms with Crippen molar-refractivity contribution in [2.75, 3.05) is 7.11 Å². The van der Waals surface area contributed by atoms with E-state index in [2.05, 4.69) is 26.6 Å². The highest BCUT2D eigenvalue weighted by atomic mass is 28.3. The quantitative estimate of drug-likeness (QED) is 0.601. The molecule has 1 aromatic carbocycles. The molecule has 0 spiro atoms.